The van der Waals surface area contributed by atoms with Crippen LogP contribution in [0.15, 0.2) is 48.5 Å². The van der Waals surface area contributed by atoms with Crippen molar-refractivity contribution in [3.05, 3.63) is 65.2 Å². The van der Waals surface area contributed by atoms with E-state index in [0.717, 1.165) is 0 Å². The van der Waals surface area contributed by atoms with Crippen LogP contribution >= 0.6 is 0 Å². The van der Waals surface area contributed by atoms with Crippen molar-refractivity contribution in [1.82, 2.24) is 0 Å². The van der Waals surface area contributed by atoms with Crippen molar-refractivity contribution in [3.8, 4) is 0 Å². The molecule has 0 radical (unpaired) electrons. The number of anilines is 1. The van der Waals surface area contributed by atoms with Crippen molar-refractivity contribution in [3.63, 3.8) is 0 Å². The molecule has 1 unspecified atom stereocenters. The summed E-state index contributed by atoms with van der Waals surface area (Å²) >= 11 is 0. The monoisotopic (exact) mass is 265 g/mol. The van der Waals surface area contributed by atoms with Gasteiger partial charge in [-0.15, -0.1) is 0 Å². The second-order valence-electron chi connectivity index (χ2n) is 6.63. The summed E-state index contributed by atoms with van der Waals surface area (Å²) in [4.78, 5) is 0. The average Bonchev–Trinajstić information content (AvgIpc) is 2.71. The van der Waals surface area contributed by atoms with E-state index < -0.39 is 0 Å². The molecule has 0 saturated heterocycles. The molecule has 0 aromatic heterocycles. The summed E-state index contributed by atoms with van der Waals surface area (Å²) in [6.07, 6.45) is 0. The molecular formula is C19H23N. The molecule has 2 aromatic carbocycles. The Labute approximate surface area is 122 Å². The Morgan fingerprint density at radius 2 is 1.65 bits per heavy atom. The number of rotatable bonds is 2. The fraction of sp³-hybridized carbons (Fsp3) is 0.368. The molecule has 104 valence electrons. The molecule has 0 bridgehead atoms. The highest BCUT2D eigenvalue weighted by molar-refractivity contribution is 5.68. The molecule has 2 aromatic rings. The molecule has 0 saturated carbocycles. The smallest absolute Gasteiger partial charge is 0.0606 e. The first-order valence-corrected chi connectivity index (χ1v) is 7.46. The van der Waals surface area contributed by atoms with Crippen LogP contribution in [0.25, 0.3) is 0 Å². The first-order chi connectivity index (χ1) is 9.51. The van der Waals surface area contributed by atoms with Crippen LogP contribution in [0.1, 0.15) is 56.3 Å². The van der Waals surface area contributed by atoms with Gasteiger partial charge in [0.2, 0.25) is 0 Å². The SMILES string of the molecule is CC(C)c1cccc2c1NC(c1ccccc1)C2(C)C. The maximum absolute atomic E-state index is 3.79. The van der Waals surface area contributed by atoms with Crippen molar-refractivity contribution in [2.24, 2.45) is 0 Å². The summed E-state index contributed by atoms with van der Waals surface area (Å²) in [5, 5.41) is 3.79. The minimum atomic E-state index is 0.113. The Hall–Kier alpha value is -1.76. The molecule has 3 rings (SSSR count). The molecule has 1 heterocycles. The molecule has 0 aliphatic carbocycles. The fourth-order valence-corrected chi connectivity index (χ4v) is 3.38. The van der Waals surface area contributed by atoms with E-state index in [1.165, 1.54) is 22.4 Å². The summed E-state index contributed by atoms with van der Waals surface area (Å²) < 4.78 is 0. The second-order valence-corrected chi connectivity index (χ2v) is 6.63. The lowest BCUT2D eigenvalue weighted by atomic mass is 9.77. The third-order valence-corrected chi connectivity index (χ3v) is 4.56. The zero-order valence-electron chi connectivity index (χ0n) is 12.8. The Balaban J connectivity index is 2.11. The molecule has 1 atom stereocenters. The second kappa shape index (κ2) is 4.66. The predicted octanol–water partition coefficient (Wildman–Crippen LogP) is 5.25. The van der Waals surface area contributed by atoms with Gasteiger partial charge in [-0.1, -0.05) is 76.2 Å². The summed E-state index contributed by atoms with van der Waals surface area (Å²) in [5.41, 5.74) is 5.69. The highest BCUT2D eigenvalue weighted by Crippen LogP contribution is 2.50. The van der Waals surface area contributed by atoms with Gasteiger partial charge in [0, 0.05) is 11.1 Å². The molecule has 1 nitrogen and oxygen atoms in total. The molecule has 1 aliphatic rings. The number of fused-ring (bicyclic) bond motifs is 1. The molecule has 0 amide bonds. The van der Waals surface area contributed by atoms with E-state index in [9.17, 15) is 0 Å². The van der Waals surface area contributed by atoms with E-state index in [2.05, 4.69) is 81.5 Å². The first-order valence-electron chi connectivity index (χ1n) is 7.46. The van der Waals surface area contributed by atoms with Gasteiger partial charge in [-0.25, -0.2) is 0 Å². The fourth-order valence-electron chi connectivity index (χ4n) is 3.38. The molecule has 0 fully saturated rings. The van der Waals surface area contributed by atoms with Gasteiger partial charge in [-0.3, -0.25) is 0 Å². The molecule has 1 N–H and O–H groups in total. The predicted molar refractivity (Wildman–Crippen MR) is 86.4 cm³/mol. The van der Waals surface area contributed by atoms with Gasteiger partial charge in [0.25, 0.3) is 0 Å². The summed E-state index contributed by atoms with van der Waals surface area (Å²) in [6.45, 7) is 9.21. The van der Waals surface area contributed by atoms with E-state index in [1.807, 2.05) is 0 Å². The number of benzene rings is 2. The van der Waals surface area contributed by atoms with Gasteiger partial charge in [-0.05, 0) is 22.6 Å². The molecule has 0 spiro atoms. The highest BCUT2D eigenvalue weighted by atomic mass is 15.0. The van der Waals surface area contributed by atoms with E-state index >= 15 is 0 Å². The van der Waals surface area contributed by atoms with Crippen LogP contribution in [0.4, 0.5) is 5.69 Å². The molecular weight excluding hydrogens is 242 g/mol. The minimum Gasteiger partial charge on any atom is -0.377 e. The van der Waals surface area contributed by atoms with E-state index in [4.69, 9.17) is 0 Å². The van der Waals surface area contributed by atoms with Crippen molar-refractivity contribution >= 4 is 5.69 Å². The van der Waals surface area contributed by atoms with Crippen LogP contribution in [0.3, 0.4) is 0 Å². The lowest BCUT2D eigenvalue weighted by Crippen LogP contribution is -2.25. The zero-order valence-corrected chi connectivity index (χ0v) is 12.8. The maximum Gasteiger partial charge on any atom is 0.0606 e. The minimum absolute atomic E-state index is 0.113. The van der Waals surface area contributed by atoms with Gasteiger partial charge < -0.3 is 5.32 Å². The van der Waals surface area contributed by atoms with E-state index in [0.29, 0.717) is 12.0 Å². The third-order valence-electron chi connectivity index (χ3n) is 4.56. The largest absolute Gasteiger partial charge is 0.377 e. The van der Waals surface area contributed by atoms with Crippen LogP contribution in [-0.2, 0) is 5.41 Å². The van der Waals surface area contributed by atoms with Gasteiger partial charge >= 0.3 is 0 Å². The zero-order chi connectivity index (χ0) is 14.3. The molecule has 1 aliphatic heterocycles. The summed E-state index contributed by atoms with van der Waals surface area (Å²) in [5.74, 6) is 0.544. The normalized spacial score (nSPS) is 19.8. The van der Waals surface area contributed by atoms with Crippen LogP contribution < -0.4 is 5.32 Å². The van der Waals surface area contributed by atoms with Crippen molar-refractivity contribution in [2.45, 2.75) is 45.1 Å². The van der Waals surface area contributed by atoms with Crippen LogP contribution in [0, 0.1) is 0 Å². The number of para-hydroxylation sites is 1. The van der Waals surface area contributed by atoms with Crippen LogP contribution in [-0.4, -0.2) is 0 Å². The quantitative estimate of drug-likeness (QED) is 0.781. The Bertz CT molecular complexity index is 611. The van der Waals surface area contributed by atoms with Crippen LogP contribution in [0.5, 0.6) is 0 Å². The Morgan fingerprint density at radius 1 is 0.950 bits per heavy atom. The van der Waals surface area contributed by atoms with Gasteiger partial charge in [-0.2, -0.15) is 0 Å². The summed E-state index contributed by atoms with van der Waals surface area (Å²) in [6, 6.07) is 17.8. The highest BCUT2D eigenvalue weighted by Gasteiger charge is 2.41. The molecule has 1 heteroatoms. The van der Waals surface area contributed by atoms with Crippen molar-refractivity contribution < 1.29 is 0 Å². The van der Waals surface area contributed by atoms with Gasteiger partial charge in [0.05, 0.1) is 6.04 Å². The van der Waals surface area contributed by atoms with Crippen molar-refractivity contribution in [1.29, 1.82) is 0 Å². The standard InChI is InChI=1S/C19H23N/c1-13(2)15-11-8-12-16-17(15)20-18(19(16,3)4)14-9-6-5-7-10-14/h5-13,18,20H,1-4H3. The number of nitrogens with one attached hydrogen (secondary N) is 1. The van der Waals surface area contributed by atoms with Crippen molar-refractivity contribution in [2.75, 3.05) is 5.32 Å². The van der Waals surface area contributed by atoms with Crippen LogP contribution in [0.2, 0.25) is 0 Å². The number of hydrogen-bond acceptors (Lipinski definition) is 1. The number of hydrogen-bond donors (Lipinski definition) is 1. The summed E-state index contributed by atoms with van der Waals surface area (Å²) in [7, 11) is 0. The first kappa shape index (κ1) is 13.2. The Kier molecular flexibility index (Phi) is 3.08. The third kappa shape index (κ3) is 1.93. The van der Waals surface area contributed by atoms with Gasteiger partial charge in [0.1, 0.15) is 0 Å². The van der Waals surface area contributed by atoms with E-state index in [-0.39, 0.29) is 5.41 Å². The molecule has 20 heavy (non-hydrogen) atoms. The Morgan fingerprint density at radius 3 is 2.30 bits per heavy atom. The topological polar surface area (TPSA) is 12.0 Å². The van der Waals surface area contributed by atoms with Gasteiger partial charge in [0.15, 0.2) is 0 Å². The van der Waals surface area contributed by atoms with E-state index in [1.54, 1.807) is 0 Å². The average molecular weight is 265 g/mol. The maximum atomic E-state index is 3.79. The lowest BCUT2D eigenvalue weighted by Gasteiger charge is -2.28. The lowest BCUT2D eigenvalue weighted by molar-refractivity contribution is 0.474.